The van der Waals surface area contributed by atoms with Crippen LogP contribution in [0.2, 0.25) is 0 Å². The number of rotatable bonds is 9. The molecule has 0 fully saturated rings. The van der Waals surface area contributed by atoms with Crippen molar-refractivity contribution < 1.29 is 4.73 Å². The second-order valence-corrected chi connectivity index (χ2v) is 8.18. The molecule has 1 unspecified atom stereocenters. The van der Waals surface area contributed by atoms with E-state index < -0.39 is 0 Å². The van der Waals surface area contributed by atoms with E-state index in [2.05, 4.69) is 39.8 Å². The van der Waals surface area contributed by atoms with Gasteiger partial charge < -0.3 is 5.21 Å². The molecule has 2 nitrogen and oxygen atoms in total. The van der Waals surface area contributed by atoms with Crippen LogP contribution in [-0.2, 0) is 0 Å². The number of benzene rings is 1. The number of aromatic nitrogens is 1. The minimum Gasteiger partial charge on any atom is -0.618 e. The van der Waals surface area contributed by atoms with Crippen molar-refractivity contribution >= 4 is 11.8 Å². The van der Waals surface area contributed by atoms with Crippen molar-refractivity contribution in [2.75, 3.05) is 0 Å². The van der Waals surface area contributed by atoms with E-state index in [0.717, 1.165) is 16.2 Å². The zero-order valence-corrected chi connectivity index (χ0v) is 16.9. The van der Waals surface area contributed by atoms with Gasteiger partial charge in [-0.05, 0) is 67.3 Å². The van der Waals surface area contributed by atoms with Gasteiger partial charge in [-0.25, -0.2) is 0 Å². The van der Waals surface area contributed by atoms with Gasteiger partial charge in [0.1, 0.15) is 0 Å². The zero-order valence-electron chi connectivity index (χ0n) is 16.0. The summed E-state index contributed by atoms with van der Waals surface area (Å²) >= 11 is 1.71. The lowest BCUT2D eigenvalue weighted by Gasteiger charge is -2.19. The van der Waals surface area contributed by atoms with Crippen molar-refractivity contribution in [3.05, 3.63) is 64.0 Å². The van der Waals surface area contributed by atoms with Crippen LogP contribution < -0.4 is 4.73 Å². The van der Waals surface area contributed by atoms with Crippen LogP contribution in [0.3, 0.4) is 0 Å². The fourth-order valence-electron chi connectivity index (χ4n) is 3.13. The number of thioether (sulfide) groups is 1. The highest BCUT2D eigenvalue weighted by Gasteiger charge is 2.19. The van der Waals surface area contributed by atoms with E-state index in [1.807, 2.05) is 12.1 Å². The largest absolute Gasteiger partial charge is 0.618 e. The number of aryl methyl sites for hydroxylation is 2. The Hall–Kier alpha value is -1.48. The summed E-state index contributed by atoms with van der Waals surface area (Å²) in [7, 11) is 0. The number of nitrogens with zero attached hydrogens (tertiary/aromatic N) is 1. The van der Waals surface area contributed by atoms with Crippen LogP contribution in [0.1, 0.15) is 73.0 Å². The van der Waals surface area contributed by atoms with Gasteiger partial charge in [-0.1, -0.05) is 51.2 Å². The second-order valence-electron chi connectivity index (χ2n) is 6.95. The molecule has 1 aromatic heterocycles. The summed E-state index contributed by atoms with van der Waals surface area (Å²) in [6, 6.07) is 10.3. The highest BCUT2D eigenvalue weighted by Crippen LogP contribution is 2.39. The zero-order chi connectivity index (χ0) is 18.2. The Labute approximate surface area is 157 Å². The van der Waals surface area contributed by atoms with E-state index in [1.54, 1.807) is 24.0 Å². The molecule has 3 heteroatoms. The van der Waals surface area contributed by atoms with E-state index in [9.17, 15) is 5.21 Å². The molecule has 1 atom stereocenters. The molecule has 1 heterocycles. The number of hydrogen-bond donors (Lipinski definition) is 0. The van der Waals surface area contributed by atoms with Crippen molar-refractivity contribution in [2.45, 2.75) is 76.5 Å². The highest BCUT2D eigenvalue weighted by molar-refractivity contribution is 7.99. The highest BCUT2D eigenvalue weighted by atomic mass is 32.2. The van der Waals surface area contributed by atoms with E-state index >= 15 is 0 Å². The fourth-order valence-corrected chi connectivity index (χ4v) is 4.30. The fraction of sp³-hybridized carbons (Fsp3) is 0.500. The second kappa shape index (κ2) is 9.86. The van der Waals surface area contributed by atoms with Gasteiger partial charge in [-0.2, -0.15) is 4.73 Å². The quantitative estimate of drug-likeness (QED) is 0.223. The topological polar surface area (TPSA) is 26.9 Å². The summed E-state index contributed by atoms with van der Waals surface area (Å²) in [4.78, 5) is 0. The lowest BCUT2D eigenvalue weighted by atomic mass is 9.97. The molecule has 0 spiro atoms. The van der Waals surface area contributed by atoms with E-state index in [0.29, 0.717) is 5.25 Å². The molecule has 2 aromatic rings. The van der Waals surface area contributed by atoms with Crippen LogP contribution >= 0.6 is 11.8 Å². The Balaban J connectivity index is 2.18. The smallest absolute Gasteiger partial charge is 0.251 e. The van der Waals surface area contributed by atoms with Gasteiger partial charge in [0.15, 0.2) is 6.20 Å². The lowest BCUT2D eigenvalue weighted by Crippen LogP contribution is -2.28. The van der Waals surface area contributed by atoms with E-state index in [4.69, 9.17) is 0 Å². The summed E-state index contributed by atoms with van der Waals surface area (Å²) in [6.07, 6.45) is 9.11. The van der Waals surface area contributed by atoms with Gasteiger partial charge >= 0.3 is 0 Å². The molecule has 25 heavy (non-hydrogen) atoms. The molecule has 136 valence electrons. The Morgan fingerprint density at radius 3 is 2.32 bits per heavy atom. The normalized spacial score (nSPS) is 12.3. The first-order chi connectivity index (χ1) is 12.0. The summed E-state index contributed by atoms with van der Waals surface area (Å²) in [5, 5.41) is 13.2. The molecule has 0 saturated carbocycles. The van der Waals surface area contributed by atoms with Crippen molar-refractivity contribution in [3.8, 4) is 0 Å². The van der Waals surface area contributed by atoms with Crippen molar-refractivity contribution in [1.82, 2.24) is 0 Å². The number of pyridine rings is 1. The third-order valence-corrected chi connectivity index (χ3v) is 6.29. The molecule has 0 amide bonds. The maximum atomic E-state index is 12.1. The third-order valence-electron chi connectivity index (χ3n) is 4.94. The van der Waals surface area contributed by atoms with Crippen LogP contribution in [0, 0.1) is 26.0 Å². The van der Waals surface area contributed by atoms with E-state index in [1.165, 1.54) is 54.4 Å². The number of unbranched alkanes of at least 4 members (excludes halogenated alkanes) is 4. The van der Waals surface area contributed by atoms with Crippen molar-refractivity contribution in [2.24, 2.45) is 0 Å². The van der Waals surface area contributed by atoms with Gasteiger partial charge in [0.05, 0.1) is 0 Å². The summed E-state index contributed by atoms with van der Waals surface area (Å²) in [5.74, 6) is 0. The predicted molar refractivity (Wildman–Crippen MR) is 108 cm³/mol. The predicted octanol–water partition coefficient (Wildman–Crippen LogP) is 6.44. The molecule has 0 aliphatic carbocycles. The molecule has 2 rings (SSSR count). The molecule has 0 N–H and O–H groups in total. The summed E-state index contributed by atoms with van der Waals surface area (Å²) in [6.45, 7) is 8.80. The van der Waals surface area contributed by atoms with Gasteiger partial charge in [0, 0.05) is 17.4 Å². The third kappa shape index (κ3) is 5.78. The SMILES string of the molecule is CCCCCCCC(Sc1cccc[n+]1[O-])c1cc(C)c(C)c(C)c1. The van der Waals surface area contributed by atoms with Gasteiger partial charge in [-0.3, -0.25) is 0 Å². The first-order valence-corrected chi connectivity index (χ1v) is 10.3. The maximum Gasteiger partial charge on any atom is 0.251 e. The minimum atomic E-state index is 0.335. The van der Waals surface area contributed by atoms with Crippen LogP contribution in [-0.4, -0.2) is 0 Å². The van der Waals surface area contributed by atoms with E-state index in [-0.39, 0.29) is 0 Å². The molecular formula is C22H31NOS. The maximum absolute atomic E-state index is 12.1. The summed E-state index contributed by atoms with van der Waals surface area (Å²) in [5.41, 5.74) is 5.41. The average molecular weight is 358 g/mol. The minimum absolute atomic E-state index is 0.335. The van der Waals surface area contributed by atoms with Gasteiger partial charge in [0.2, 0.25) is 0 Å². The Bertz CT molecular complexity index is 660. The van der Waals surface area contributed by atoms with Crippen LogP contribution in [0.25, 0.3) is 0 Å². The van der Waals surface area contributed by atoms with Gasteiger partial charge in [0.25, 0.3) is 5.03 Å². The standard InChI is InChI=1S/C22H31NOS/c1-5-6-7-8-9-12-21(25-22-13-10-11-14-23(22)24)20-15-17(2)19(4)18(3)16-20/h10-11,13-16,21H,5-9,12H2,1-4H3. The first-order valence-electron chi connectivity index (χ1n) is 9.45. The molecule has 0 radical (unpaired) electrons. The Kier molecular flexibility index (Phi) is 7.83. The Morgan fingerprint density at radius 2 is 1.68 bits per heavy atom. The van der Waals surface area contributed by atoms with Crippen LogP contribution in [0.15, 0.2) is 41.6 Å². The van der Waals surface area contributed by atoms with Crippen molar-refractivity contribution in [3.63, 3.8) is 0 Å². The Morgan fingerprint density at radius 1 is 1.00 bits per heavy atom. The molecule has 0 aliphatic heterocycles. The molecular weight excluding hydrogens is 326 g/mol. The van der Waals surface area contributed by atoms with Crippen LogP contribution in [0.4, 0.5) is 0 Å². The first kappa shape index (κ1) is 19.8. The monoisotopic (exact) mass is 357 g/mol. The lowest BCUT2D eigenvalue weighted by molar-refractivity contribution is -0.645. The van der Waals surface area contributed by atoms with Gasteiger partial charge in [-0.15, -0.1) is 0 Å². The van der Waals surface area contributed by atoms with Crippen molar-refractivity contribution in [1.29, 1.82) is 0 Å². The average Bonchev–Trinajstić information content (AvgIpc) is 2.59. The molecule has 0 bridgehead atoms. The van der Waals surface area contributed by atoms with Crippen LogP contribution in [0.5, 0.6) is 0 Å². The molecule has 0 aliphatic rings. The molecule has 0 saturated heterocycles. The molecule has 1 aromatic carbocycles. The summed E-state index contributed by atoms with van der Waals surface area (Å²) < 4.78 is 0.989. The number of hydrogen-bond acceptors (Lipinski definition) is 2.